The van der Waals surface area contributed by atoms with Crippen LogP contribution in [0.4, 0.5) is 8.78 Å². The second-order valence-corrected chi connectivity index (χ2v) is 6.00. The number of methoxy groups -OCH3 is 1. The van der Waals surface area contributed by atoms with Crippen molar-refractivity contribution in [2.24, 2.45) is 0 Å². The van der Waals surface area contributed by atoms with E-state index in [2.05, 4.69) is 19.9 Å². The fourth-order valence-electron chi connectivity index (χ4n) is 2.73. The van der Waals surface area contributed by atoms with Crippen molar-refractivity contribution in [1.82, 2.24) is 0 Å². The summed E-state index contributed by atoms with van der Waals surface area (Å²) in [4.78, 5) is 0. The minimum absolute atomic E-state index is 0.0194. The van der Waals surface area contributed by atoms with Gasteiger partial charge in [-0.1, -0.05) is 39.0 Å². The van der Waals surface area contributed by atoms with E-state index in [4.69, 9.17) is 4.74 Å². The lowest BCUT2D eigenvalue weighted by molar-refractivity contribution is 0.407. The molecule has 0 saturated carbocycles. The van der Waals surface area contributed by atoms with E-state index in [-0.39, 0.29) is 5.92 Å². The summed E-state index contributed by atoms with van der Waals surface area (Å²) in [7, 11) is 1.66. The summed E-state index contributed by atoms with van der Waals surface area (Å²) >= 11 is 0. The van der Waals surface area contributed by atoms with E-state index in [9.17, 15) is 8.78 Å². The molecule has 0 amide bonds. The molecule has 0 N–H and O–H groups in total. The van der Waals surface area contributed by atoms with Crippen LogP contribution in [-0.4, -0.2) is 7.11 Å². The molecular weight excluding hydrogens is 282 g/mol. The highest BCUT2D eigenvalue weighted by atomic mass is 19.1. The summed E-state index contributed by atoms with van der Waals surface area (Å²) in [5.41, 5.74) is 2.82. The summed E-state index contributed by atoms with van der Waals surface area (Å²) in [6.45, 7) is 6.19. The molecule has 2 aromatic carbocycles. The fraction of sp³-hybridized carbons (Fsp3) is 0.368. The molecule has 0 saturated heterocycles. The van der Waals surface area contributed by atoms with Gasteiger partial charge >= 0.3 is 0 Å². The maximum Gasteiger partial charge on any atom is 0.129 e. The van der Waals surface area contributed by atoms with Crippen LogP contribution >= 0.6 is 0 Å². The lowest BCUT2D eigenvalue weighted by Crippen LogP contribution is -2.03. The molecule has 0 radical (unpaired) electrons. The third-order valence-corrected chi connectivity index (χ3v) is 3.95. The minimum Gasteiger partial charge on any atom is -0.496 e. The molecule has 0 spiro atoms. The standard InChI is InChI=1S/C19H22F2O/c1-12(2)17-10-14(5-8-19(17)22-4)9-13(3)16-7-6-15(20)11-18(16)21/h5-8,10-13H,9H2,1-4H3. The summed E-state index contributed by atoms with van der Waals surface area (Å²) < 4.78 is 32.3. The molecule has 0 aliphatic heterocycles. The molecule has 0 aliphatic rings. The van der Waals surface area contributed by atoms with Gasteiger partial charge in [-0.3, -0.25) is 0 Å². The van der Waals surface area contributed by atoms with Crippen LogP contribution in [-0.2, 0) is 6.42 Å². The molecule has 1 nitrogen and oxygen atoms in total. The van der Waals surface area contributed by atoms with Gasteiger partial charge in [-0.15, -0.1) is 0 Å². The highest BCUT2D eigenvalue weighted by Crippen LogP contribution is 2.30. The largest absolute Gasteiger partial charge is 0.496 e. The number of ether oxygens (including phenoxy) is 1. The third kappa shape index (κ3) is 3.65. The zero-order chi connectivity index (χ0) is 16.3. The van der Waals surface area contributed by atoms with Crippen LogP contribution in [0.15, 0.2) is 36.4 Å². The average molecular weight is 304 g/mol. The Bertz CT molecular complexity index is 650. The molecule has 3 heteroatoms. The van der Waals surface area contributed by atoms with Gasteiger partial charge in [0.1, 0.15) is 17.4 Å². The van der Waals surface area contributed by atoms with Crippen molar-refractivity contribution < 1.29 is 13.5 Å². The Balaban J connectivity index is 2.24. The highest BCUT2D eigenvalue weighted by Gasteiger charge is 2.14. The lowest BCUT2D eigenvalue weighted by Gasteiger charge is -2.17. The van der Waals surface area contributed by atoms with Crippen LogP contribution in [0.3, 0.4) is 0 Å². The molecule has 0 fully saturated rings. The van der Waals surface area contributed by atoms with E-state index in [1.54, 1.807) is 7.11 Å². The van der Waals surface area contributed by atoms with Crippen LogP contribution in [0.2, 0.25) is 0 Å². The Hall–Kier alpha value is -1.90. The molecule has 1 atom stereocenters. The summed E-state index contributed by atoms with van der Waals surface area (Å²) in [6.07, 6.45) is 0.701. The average Bonchev–Trinajstić information content (AvgIpc) is 2.46. The quantitative estimate of drug-likeness (QED) is 0.714. The molecule has 1 unspecified atom stereocenters. The number of hydrogen-bond donors (Lipinski definition) is 0. The lowest BCUT2D eigenvalue weighted by atomic mass is 9.91. The zero-order valence-electron chi connectivity index (χ0n) is 13.5. The summed E-state index contributed by atoms with van der Waals surface area (Å²) in [5, 5.41) is 0. The smallest absolute Gasteiger partial charge is 0.129 e. The zero-order valence-corrected chi connectivity index (χ0v) is 13.5. The number of hydrogen-bond acceptors (Lipinski definition) is 1. The highest BCUT2D eigenvalue weighted by molar-refractivity contribution is 5.40. The first kappa shape index (κ1) is 16.5. The van der Waals surface area contributed by atoms with Gasteiger partial charge in [-0.25, -0.2) is 8.78 Å². The van der Waals surface area contributed by atoms with E-state index in [0.717, 1.165) is 22.9 Å². The first-order chi connectivity index (χ1) is 10.4. The second-order valence-electron chi connectivity index (χ2n) is 6.00. The predicted molar refractivity (Wildman–Crippen MR) is 85.6 cm³/mol. The normalized spacial score (nSPS) is 12.5. The van der Waals surface area contributed by atoms with Crippen molar-refractivity contribution in [2.45, 2.75) is 39.0 Å². The SMILES string of the molecule is COc1ccc(CC(C)c2ccc(F)cc2F)cc1C(C)C. The number of rotatable bonds is 5. The minimum atomic E-state index is -0.542. The number of halogens is 2. The van der Waals surface area contributed by atoms with Gasteiger partial charge < -0.3 is 4.74 Å². The van der Waals surface area contributed by atoms with Gasteiger partial charge in [0.15, 0.2) is 0 Å². The van der Waals surface area contributed by atoms with E-state index in [1.807, 2.05) is 19.1 Å². The summed E-state index contributed by atoms with van der Waals surface area (Å²) in [6, 6.07) is 9.85. The maximum atomic E-state index is 13.9. The van der Waals surface area contributed by atoms with Gasteiger partial charge in [0.25, 0.3) is 0 Å². The Kier molecular flexibility index (Phi) is 5.17. The van der Waals surface area contributed by atoms with Crippen molar-refractivity contribution in [3.05, 3.63) is 64.7 Å². The molecule has 0 aliphatic carbocycles. The molecule has 0 bridgehead atoms. The molecule has 2 rings (SSSR count). The van der Waals surface area contributed by atoms with Gasteiger partial charge in [0, 0.05) is 6.07 Å². The van der Waals surface area contributed by atoms with Crippen LogP contribution in [0.5, 0.6) is 5.75 Å². The van der Waals surface area contributed by atoms with Crippen LogP contribution in [0.1, 0.15) is 49.3 Å². The summed E-state index contributed by atoms with van der Waals surface area (Å²) in [5.74, 6) is 0.186. The third-order valence-electron chi connectivity index (χ3n) is 3.95. The number of benzene rings is 2. The maximum absolute atomic E-state index is 13.9. The van der Waals surface area contributed by atoms with Crippen LogP contribution in [0.25, 0.3) is 0 Å². The first-order valence-corrected chi connectivity index (χ1v) is 7.54. The van der Waals surface area contributed by atoms with Gasteiger partial charge in [0.2, 0.25) is 0 Å². The van der Waals surface area contributed by atoms with E-state index in [1.165, 1.54) is 12.1 Å². The first-order valence-electron chi connectivity index (χ1n) is 7.54. The van der Waals surface area contributed by atoms with Crippen LogP contribution < -0.4 is 4.74 Å². The Labute approximate surface area is 130 Å². The fourth-order valence-corrected chi connectivity index (χ4v) is 2.73. The van der Waals surface area contributed by atoms with Gasteiger partial charge in [-0.05, 0) is 47.1 Å². The van der Waals surface area contributed by atoms with E-state index >= 15 is 0 Å². The molecule has 0 aromatic heterocycles. The van der Waals surface area contributed by atoms with Gasteiger partial charge in [-0.2, -0.15) is 0 Å². The Morgan fingerprint density at radius 3 is 2.27 bits per heavy atom. The second kappa shape index (κ2) is 6.91. The molecule has 118 valence electrons. The van der Waals surface area contributed by atoms with Crippen molar-refractivity contribution >= 4 is 0 Å². The van der Waals surface area contributed by atoms with Crippen molar-refractivity contribution in [3.63, 3.8) is 0 Å². The van der Waals surface area contributed by atoms with E-state index in [0.29, 0.717) is 17.9 Å². The van der Waals surface area contributed by atoms with E-state index < -0.39 is 11.6 Å². The molecule has 22 heavy (non-hydrogen) atoms. The van der Waals surface area contributed by atoms with Crippen molar-refractivity contribution in [3.8, 4) is 5.75 Å². The Morgan fingerprint density at radius 2 is 1.68 bits per heavy atom. The van der Waals surface area contributed by atoms with Gasteiger partial charge in [0.05, 0.1) is 7.11 Å². The topological polar surface area (TPSA) is 9.23 Å². The van der Waals surface area contributed by atoms with Crippen LogP contribution in [0, 0.1) is 11.6 Å². The van der Waals surface area contributed by atoms with Crippen molar-refractivity contribution in [2.75, 3.05) is 7.11 Å². The molecular formula is C19H22F2O. The molecule has 0 heterocycles. The monoisotopic (exact) mass is 304 g/mol. The molecule has 2 aromatic rings. The Morgan fingerprint density at radius 1 is 0.955 bits per heavy atom. The predicted octanol–water partition coefficient (Wildman–Crippen LogP) is 5.44. The van der Waals surface area contributed by atoms with Crippen molar-refractivity contribution in [1.29, 1.82) is 0 Å².